The van der Waals surface area contributed by atoms with Gasteiger partial charge in [-0.2, -0.15) is 0 Å². The van der Waals surface area contributed by atoms with E-state index in [1.807, 2.05) is 54.6 Å². The van der Waals surface area contributed by atoms with Crippen molar-refractivity contribution in [1.82, 2.24) is 0 Å². The maximum absolute atomic E-state index is 9.64. The molecule has 1 nitrogen and oxygen atoms in total. The van der Waals surface area contributed by atoms with Crippen molar-refractivity contribution in [2.24, 2.45) is 0 Å². The van der Waals surface area contributed by atoms with E-state index in [0.29, 0.717) is 5.19 Å². The molecule has 0 fully saturated rings. The summed E-state index contributed by atoms with van der Waals surface area (Å²) in [7, 11) is -3.71. The Morgan fingerprint density at radius 3 is 1.73 bits per heavy atom. The van der Waals surface area contributed by atoms with Gasteiger partial charge in [0, 0.05) is 22.6 Å². The van der Waals surface area contributed by atoms with Gasteiger partial charge < -0.3 is 4.42 Å². The van der Waals surface area contributed by atoms with Gasteiger partial charge in [0.25, 0.3) is 0 Å². The smallest absolute Gasteiger partial charge is 0.179 e. The lowest BCUT2D eigenvalue weighted by Crippen LogP contribution is -2.75. The molecule has 1 heterocycles. The predicted octanol–water partition coefficient (Wildman–Crippen LogP) is 9.62. The summed E-state index contributed by atoms with van der Waals surface area (Å²) in [6.45, 7) is 0. The molecule has 0 amide bonds. The van der Waals surface area contributed by atoms with Gasteiger partial charge in [-0.15, -0.1) is 0 Å². The molecule has 3 aliphatic carbocycles. The molecule has 0 saturated heterocycles. The van der Waals surface area contributed by atoms with Crippen molar-refractivity contribution in [3.05, 3.63) is 227 Å². The Morgan fingerprint density at radius 2 is 0.981 bits per heavy atom. The number of para-hydroxylation sites is 1. The third-order valence-corrected chi connectivity index (χ3v) is 16.1. The van der Waals surface area contributed by atoms with Crippen molar-refractivity contribution in [1.29, 1.82) is 0 Å². The molecule has 3 aliphatic rings. The fourth-order valence-corrected chi connectivity index (χ4v) is 14.3. The van der Waals surface area contributed by atoms with Gasteiger partial charge in [0.15, 0.2) is 8.07 Å². The number of hydrogen-bond donors (Lipinski definition) is 0. The molecule has 12 rings (SSSR count). The maximum Gasteiger partial charge on any atom is 0.179 e. The number of hydrogen-bond acceptors (Lipinski definition) is 1. The summed E-state index contributed by atoms with van der Waals surface area (Å²) in [5.41, 5.74) is 11.3. The SMILES string of the molecule is [2H]c1c([2H])c([2H])c([Si](c2ccccc2)(c2ccccc2)c2cccc3c2C2c4ccccc4C3c3cccc(-c4cccc5oc6ccccc6c45)c32)c([2H])c1[2H]. The van der Waals surface area contributed by atoms with Gasteiger partial charge in [-0.05, 0) is 77.4 Å². The third kappa shape index (κ3) is 3.99. The number of furan rings is 1. The molecule has 2 unspecified atom stereocenters. The van der Waals surface area contributed by atoms with Crippen molar-refractivity contribution in [2.45, 2.75) is 11.8 Å². The van der Waals surface area contributed by atoms with E-state index in [1.54, 1.807) is 0 Å². The third-order valence-electron chi connectivity index (χ3n) is 11.5. The average Bonchev–Trinajstić information content (AvgIpc) is 3.66. The van der Waals surface area contributed by atoms with Gasteiger partial charge in [-0.1, -0.05) is 182 Å². The van der Waals surface area contributed by atoms with Crippen molar-refractivity contribution in [3.8, 4) is 11.1 Å². The van der Waals surface area contributed by atoms with Gasteiger partial charge in [-0.3, -0.25) is 0 Å². The van der Waals surface area contributed by atoms with Crippen LogP contribution in [0.25, 0.3) is 33.1 Å². The molecular weight excluding hydrogens is 645 g/mol. The Labute approximate surface area is 311 Å². The van der Waals surface area contributed by atoms with Crippen molar-refractivity contribution < 1.29 is 11.3 Å². The first-order valence-corrected chi connectivity index (χ1v) is 19.8. The summed E-state index contributed by atoms with van der Waals surface area (Å²) in [6, 6.07) is 55.7. The first-order chi connectivity index (χ1) is 27.9. The van der Waals surface area contributed by atoms with E-state index in [2.05, 4.69) is 109 Å². The fraction of sp³-hybridized carbons (Fsp3) is 0.0400. The molecular formula is C50H34OSi. The highest BCUT2D eigenvalue weighted by atomic mass is 28.3. The summed E-state index contributed by atoms with van der Waals surface area (Å²) in [5.74, 6) is -0.282. The lowest BCUT2D eigenvalue weighted by atomic mass is 9.60. The highest BCUT2D eigenvalue weighted by Gasteiger charge is 2.49. The highest BCUT2D eigenvalue weighted by Crippen LogP contribution is 2.58. The summed E-state index contributed by atoms with van der Waals surface area (Å²) >= 11 is 0. The van der Waals surface area contributed by atoms with Crippen LogP contribution < -0.4 is 20.7 Å². The van der Waals surface area contributed by atoms with E-state index in [-0.39, 0.29) is 42.0 Å². The second kappa shape index (κ2) is 11.4. The van der Waals surface area contributed by atoms with Gasteiger partial charge in [0.1, 0.15) is 11.2 Å². The highest BCUT2D eigenvalue weighted by molar-refractivity contribution is 7.20. The summed E-state index contributed by atoms with van der Waals surface area (Å²) in [5, 5.41) is 5.48. The average molecular weight is 684 g/mol. The minimum absolute atomic E-state index is 0.0744. The lowest BCUT2D eigenvalue weighted by molar-refractivity contribution is 0.669. The van der Waals surface area contributed by atoms with Crippen LogP contribution in [0.5, 0.6) is 0 Å². The van der Waals surface area contributed by atoms with Crippen LogP contribution in [0, 0.1) is 0 Å². The molecule has 8 aromatic carbocycles. The predicted molar refractivity (Wildman–Crippen MR) is 218 cm³/mol. The zero-order chi connectivity index (χ0) is 38.6. The zero-order valence-corrected chi connectivity index (χ0v) is 29.2. The molecule has 2 heteroatoms. The first-order valence-electron chi connectivity index (χ1n) is 20.3. The molecule has 9 aromatic rings. The molecule has 2 atom stereocenters. The van der Waals surface area contributed by atoms with Gasteiger partial charge in [0.05, 0.1) is 6.85 Å². The Morgan fingerprint density at radius 1 is 0.423 bits per heavy atom. The molecule has 0 saturated carbocycles. The van der Waals surface area contributed by atoms with Crippen LogP contribution in [0.15, 0.2) is 198 Å². The van der Waals surface area contributed by atoms with Crippen LogP contribution in [0.2, 0.25) is 0 Å². The second-order valence-corrected chi connectivity index (χ2v) is 17.6. The monoisotopic (exact) mass is 683 g/mol. The first kappa shape index (κ1) is 24.8. The summed E-state index contributed by atoms with van der Waals surface area (Å²) < 4.78 is 52.4. The fourth-order valence-electron chi connectivity index (χ4n) is 9.58. The standard InChI is InChI=1S/C50H34OSi/c1-4-17-33(18-5-1)52(34-19-6-2-7-20-34,35-21-8-3-9-22-35)45-32-16-29-42-46-36-23-10-11-24-39(36)50(49(42)45)48-38(26-14-28-41(46)48)37-27-15-31-44-47(37)40-25-12-13-30-43(40)51-44/h1-32,46,50H/i1D,4D,5D,17D,18D. The van der Waals surface area contributed by atoms with E-state index in [1.165, 1.54) is 27.8 Å². The normalized spacial score (nSPS) is 17.0. The molecule has 0 aliphatic heterocycles. The van der Waals surface area contributed by atoms with E-state index >= 15 is 0 Å². The van der Waals surface area contributed by atoms with Crippen LogP contribution in [0.3, 0.4) is 0 Å². The van der Waals surface area contributed by atoms with Crippen LogP contribution >= 0.6 is 0 Å². The van der Waals surface area contributed by atoms with E-state index in [0.717, 1.165) is 54.2 Å². The molecule has 0 spiro atoms. The topological polar surface area (TPSA) is 13.1 Å². The van der Waals surface area contributed by atoms with E-state index in [9.17, 15) is 2.74 Å². The summed E-state index contributed by atoms with van der Waals surface area (Å²) in [4.78, 5) is 0. The Bertz CT molecular complexity index is 3030. The van der Waals surface area contributed by atoms with E-state index in [4.69, 9.17) is 8.53 Å². The minimum atomic E-state index is -3.71. The second-order valence-electron chi connectivity index (χ2n) is 13.9. The molecule has 0 N–H and O–H groups in total. The number of fused-ring (bicyclic) bond motifs is 3. The van der Waals surface area contributed by atoms with Crippen LogP contribution in [0.4, 0.5) is 0 Å². The Hall–Kier alpha value is -6.22. The molecule has 244 valence electrons. The Balaban J connectivity index is 1.30. The van der Waals surface area contributed by atoms with Crippen molar-refractivity contribution >= 4 is 50.8 Å². The molecule has 52 heavy (non-hydrogen) atoms. The molecule has 0 radical (unpaired) electrons. The summed E-state index contributed by atoms with van der Waals surface area (Å²) in [6.07, 6.45) is 0. The molecule has 1 aromatic heterocycles. The quantitative estimate of drug-likeness (QED) is 0.130. The number of benzene rings is 8. The van der Waals surface area contributed by atoms with Crippen molar-refractivity contribution in [2.75, 3.05) is 0 Å². The van der Waals surface area contributed by atoms with Crippen LogP contribution in [0.1, 0.15) is 52.1 Å². The van der Waals surface area contributed by atoms with Crippen LogP contribution in [-0.4, -0.2) is 8.07 Å². The zero-order valence-electron chi connectivity index (χ0n) is 33.2. The van der Waals surface area contributed by atoms with E-state index < -0.39 is 8.07 Å². The molecule has 2 bridgehead atoms. The van der Waals surface area contributed by atoms with Crippen LogP contribution in [-0.2, 0) is 0 Å². The minimum Gasteiger partial charge on any atom is -0.456 e. The van der Waals surface area contributed by atoms with Gasteiger partial charge in [0.2, 0.25) is 0 Å². The van der Waals surface area contributed by atoms with Crippen molar-refractivity contribution in [3.63, 3.8) is 0 Å². The Kier molecular flexibility index (Phi) is 5.45. The van der Waals surface area contributed by atoms with Gasteiger partial charge >= 0.3 is 0 Å². The maximum atomic E-state index is 9.64. The lowest BCUT2D eigenvalue weighted by Gasteiger charge is -2.47. The largest absolute Gasteiger partial charge is 0.456 e. The van der Waals surface area contributed by atoms with Gasteiger partial charge in [-0.25, -0.2) is 0 Å². The number of rotatable bonds is 5.